The number of carbonyl (C=O) groups excluding carboxylic acids is 1. The Labute approximate surface area is 192 Å². The molecule has 4 rings (SSSR count). The summed E-state index contributed by atoms with van der Waals surface area (Å²) in [6.45, 7) is 3.56. The normalized spacial score (nSPS) is 14.5. The minimum atomic E-state index is -0.928. The van der Waals surface area contributed by atoms with Gasteiger partial charge in [-0.1, -0.05) is 40.4 Å². The third-order valence-electron chi connectivity index (χ3n) is 5.47. The van der Waals surface area contributed by atoms with Gasteiger partial charge in [-0.3, -0.25) is 4.79 Å². The molecule has 2 aromatic carbocycles. The van der Waals surface area contributed by atoms with E-state index >= 15 is 0 Å². The number of anilines is 2. The van der Waals surface area contributed by atoms with Gasteiger partial charge in [0, 0.05) is 28.5 Å². The zero-order valence-corrected chi connectivity index (χ0v) is 19.2. The summed E-state index contributed by atoms with van der Waals surface area (Å²) in [6.07, 6.45) is 4.46. The van der Waals surface area contributed by atoms with E-state index in [-0.39, 0.29) is 5.69 Å². The van der Waals surface area contributed by atoms with Crippen molar-refractivity contribution in [3.63, 3.8) is 0 Å². The number of amides is 1. The zero-order chi connectivity index (χ0) is 22.1. The maximum absolute atomic E-state index is 14.3. The summed E-state index contributed by atoms with van der Waals surface area (Å²) in [5, 5.41) is 2.69. The predicted octanol–water partition coefficient (Wildman–Crippen LogP) is 6.67. The molecule has 4 nitrogen and oxygen atoms in total. The maximum Gasteiger partial charge on any atom is 0.256 e. The van der Waals surface area contributed by atoms with Crippen LogP contribution in [-0.2, 0) is 0 Å². The average molecular weight is 508 g/mol. The largest absolute Gasteiger partial charge is 0.356 e. The molecule has 0 aliphatic carbocycles. The molecule has 0 saturated carbocycles. The number of aromatic nitrogens is 1. The molecule has 161 valence electrons. The Hall–Kier alpha value is -2.25. The second kappa shape index (κ2) is 9.09. The lowest BCUT2D eigenvalue weighted by atomic mass is 10.0. The second-order valence-corrected chi connectivity index (χ2v) is 8.93. The third kappa shape index (κ3) is 4.53. The summed E-state index contributed by atoms with van der Waals surface area (Å²) in [6, 6.07) is 8.49. The first-order chi connectivity index (χ1) is 14.8. The molecule has 1 amide bonds. The van der Waals surface area contributed by atoms with Crippen molar-refractivity contribution in [1.29, 1.82) is 0 Å². The van der Waals surface area contributed by atoms with Crippen LogP contribution in [0.5, 0.6) is 0 Å². The van der Waals surface area contributed by atoms with Crippen LogP contribution in [0.2, 0.25) is 5.02 Å². The van der Waals surface area contributed by atoms with Gasteiger partial charge < -0.3 is 10.2 Å². The smallest absolute Gasteiger partial charge is 0.256 e. The average Bonchev–Trinajstić information content (AvgIpc) is 3.01. The lowest BCUT2D eigenvalue weighted by Gasteiger charge is -2.25. The van der Waals surface area contributed by atoms with E-state index in [4.69, 9.17) is 16.6 Å². The van der Waals surface area contributed by atoms with Crippen molar-refractivity contribution in [2.45, 2.75) is 32.6 Å². The first-order valence-corrected chi connectivity index (χ1v) is 11.2. The van der Waals surface area contributed by atoms with E-state index in [0.29, 0.717) is 22.0 Å². The van der Waals surface area contributed by atoms with E-state index in [9.17, 15) is 13.6 Å². The van der Waals surface area contributed by atoms with E-state index in [1.165, 1.54) is 12.8 Å². The molecule has 1 aliphatic heterocycles. The molecule has 31 heavy (non-hydrogen) atoms. The number of hydrogen-bond acceptors (Lipinski definition) is 3. The lowest BCUT2D eigenvalue weighted by molar-refractivity contribution is 0.102. The van der Waals surface area contributed by atoms with Crippen LogP contribution < -0.4 is 10.2 Å². The molecule has 1 saturated heterocycles. The first kappa shape index (κ1) is 22.0. The minimum absolute atomic E-state index is 0.369. The van der Waals surface area contributed by atoms with Crippen molar-refractivity contribution < 1.29 is 13.6 Å². The highest BCUT2D eigenvalue weighted by atomic mass is 79.9. The fourth-order valence-corrected chi connectivity index (χ4v) is 4.45. The Morgan fingerprint density at radius 3 is 2.61 bits per heavy atom. The van der Waals surface area contributed by atoms with Crippen molar-refractivity contribution in [3.8, 4) is 0 Å². The van der Waals surface area contributed by atoms with Crippen LogP contribution >= 0.6 is 27.5 Å². The van der Waals surface area contributed by atoms with Crippen LogP contribution in [-0.4, -0.2) is 24.0 Å². The monoisotopic (exact) mass is 506 g/mol. The second-order valence-electron chi connectivity index (χ2n) is 7.61. The summed E-state index contributed by atoms with van der Waals surface area (Å²) < 4.78 is 28.9. The number of rotatable bonds is 3. The van der Waals surface area contributed by atoms with Gasteiger partial charge in [0.25, 0.3) is 5.91 Å². The van der Waals surface area contributed by atoms with E-state index in [0.717, 1.165) is 42.3 Å². The van der Waals surface area contributed by atoms with Crippen molar-refractivity contribution in [3.05, 3.63) is 62.6 Å². The SMILES string of the molecule is Cc1c(N2CCCCCC2)nc2ccc(Br)cc2c1C(=O)Nc1[c]c(F)c(Cl)cc1F. The Kier molecular flexibility index (Phi) is 6.44. The van der Waals surface area contributed by atoms with Crippen molar-refractivity contribution in [2.75, 3.05) is 23.3 Å². The summed E-state index contributed by atoms with van der Waals surface area (Å²) in [5.74, 6) is -1.60. The molecule has 0 atom stereocenters. The van der Waals surface area contributed by atoms with Gasteiger partial charge in [-0.25, -0.2) is 13.8 Å². The number of nitrogens with zero attached hydrogens (tertiary/aromatic N) is 2. The summed E-state index contributed by atoms with van der Waals surface area (Å²) in [7, 11) is 0. The predicted molar refractivity (Wildman–Crippen MR) is 123 cm³/mol. The molecule has 1 fully saturated rings. The molecular weight excluding hydrogens is 488 g/mol. The fourth-order valence-electron chi connectivity index (χ4n) is 3.94. The van der Waals surface area contributed by atoms with E-state index < -0.39 is 22.6 Å². The molecule has 0 unspecified atom stereocenters. The molecule has 8 heteroatoms. The van der Waals surface area contributed by atoms with Gasteiger partial charge in [-0.15, -0.1) is 0 Å². The molecule has 3 aromatic rings. The highest BCUT2D eigenvalue weighted by Gasteiger charge is 2.23. The van der Waals surface area contributed by atoms with Gasteiger partial charge >= 0.3 is 0 Å². The number of benzene rings is 2. The van der Waals surface area contributed by atoms with Gasteiger partial charge in [0.1, 0.15) is 11.6 Å². The number of fused-ring (bicyclic) bond motifs is 1. The van der Waals surface area contributed by atoms with E-state index in [1.54, 1.807) is 6.07 Å². The van der Waals surface area contributed by atoms with Crippen LogP contribution in [0.1, 0.15) is 41.6 Å². The van der Waals surface area contributed by atoms with Crippen molar-refractivity contribution in [2.24, 2.45) is 0 Å². The van der Waals surface area contributed by atoms with E-state index in [2.05, 4.69) is 32.2 Å². The molecule has 1 N–H and O–H groups in total. The Morgan fingerprint density at radius 2 is 1.90 bits per heavy atom. The third-order valence-corrected chi connectivity index (χ3v) is 6.24. The maximum atomic E-state index is 14.3. The standard InChI is InChI=1S/C23H20BrClF2N3O/c1-13-21(23(31)29-20-12-17(26)16(25)11-18(20)27)15-10-14(24)6-7-19(15)28-22(13)30-8-4-2-3-5-9-30/h6-7,10-11H,2-5,8-9H2,1H3,(H,29,31). The number of carbonyl (C=O) groups is 1. The Balaban J connectivity index is 1.83. The van der Waals surface area contributed by atoms with Crippen LogP contribution in [0, 0.1) is 24.6 Å². The van der Waals surface area contributed by atoms with Crippen molar-refractivity contribution >= 4 is 55.8 Å². The number of nitrogens with one attached hydrogen (secondary N) is 1. The molecular formula is C23H20BrClF2N3O. The molecule has 2 heterocycles. The van der Waals surface area contributed by atoms with Crippen molar-refractivity contribution in [1.82, 2.24) is 4.98 Å². The summed E-state index contributed by atoms with van der Waals surface area (Å²) >= 11 is 9.04. The van der Waals surface area contributed by atoms with Crippen LogP contribution in [0.25, 0.3) is 10.9 Å². The molecule has 1 aliphatic rings. The van der Waals surface area contributed by atoms with Gasteiger partial charge in [-0.2, -0.15) is 0 Å². The van der Waals surface area contributed by atoms with Crippen LogP contribution in [0.15, 0.2) is 28.7 Å². The topological polar surface area (TPSA) is 45.2 Å². The Morgan fingerprint density at radius 1 is 1.19 bits per heavy atom. The first-order valence-electron chi connectivity index (χ1n) is 10.1. The van der Waals surface area contributed by atoms with Gasteiger partial charge in [0.15, 0.2) is 5.82 Å². The number of pyridine rings is 1. The summed E-state index contributed by atoms with van der Waals surface area (Å²) in [5.41, 5.74) is 1.33. The minimum Gasteiger partial charge on any atom is -0.356 e. The van der Waals surface area contributed by atoms with Crippen LogP contribution in [0.3, 0.4) is 0 Å². The van der Waals surface area contributed by atoms with E-state index in [1.807, 2.05) is 19.1 Å². The van der Waals surface area contributed by atoms with Gasteiger partial charge in [0.2, 0.25) is 0 Å². The number of hydrogen-bond donors (Lipinski definition) is 1. The van der Waals surface area contributed by atoms with Gasteiger partial charge in [0.05, 0.1) is 27.9 Å². The fraction of sp³-hybridized carbons (Fsp3) is 0.304. The number of halogens is 4. The van der Waals surface area contributed by atoms with Crippen LogP contribution in [0.4, 0.5) is 20.3 Å². The highest BCUT2D eigenvalue weighted by Crippen LogP contribution is 2.32. The van der Waals surface area contributed by atoms with Gasteiger partial charge in [-0.05, 0) is 44.0 Å². The molecule has 1 aromatic heterocycles. The molecule has 0 spiro atoms. The Bertz CT molecular complexity index is 1160. The molecule has 0 bridgehead atoms. The summed E-state index contributed by atoms with van der Waals surface area (Å²) in [4.78, 5) is 20.3. The highest BCUT2D eigenvalue weighted by molar-refractivity contribution is 9.10. The lowest BCUT2D eigenvalue weighted by Crippen LogP contribution is -2.27. The molecule has 1 radical (unpaired) electrons. The quantitative estimate of drug-likeness (QED) is 0.403. The zero-order valence-electron chi connectivity index (χ0n) is 16.9.